The van der Waals surface area contributed by atoms with Gasteiger partial charge in [-0.1, -0.05) is 29.3 Å². The molecule has 1 atom stereocenters. The van der Waals surface area contributed by atoms with Gasteiger partial charge in [-0.3, -0.25) is 4.90 Å². The van der Waals surface area contributed by atoms with Gasteiger partial charge in [0.25, 0.3) is 0 Å². The van der Waals surface area contributed by atoms with Gasteiger partial charge < -0.3 is 10.1 Å². The van der Waals surface area contributed by atoms with E-state index in [1.54, 1.807) is 12.1 Å². The summed E-state index contributed by atoms with van der Waals surface area (Å²) in [4.78, 5) is 2.23. The summed E-state index contributed by atoms with van der Waals surface area (Å²) in [7, 11) is 0. The maximum Gasteiger partial charge on any atom is 0.573 e. The smallest absolute Gasteiger partial charge is 0.405 e. The first kappa shape index (κ1) is 17.6. The van der Waals surface area contributed by atoms with Gasteiger partial charge in [0.15, 0.2) is 0 Å². The lowest BCUT2D eigenvalue weighted by Gasteiger charge is -2.36. The lowest BCUT2D eigenvalue weighted by Crippen LogP contribution is -2.45. The maximum atomic E-state index is 12.7. The Bertz CT molecular complexity index is 490. The molecule has 1 saturated heterocycles. The van der Waals surface area contributed by atoms with Crippen molar-refractivity contribution in [2.45, 2.75) is 32.2 Å². The van der Waals surface area contributed by atoms with Crippen molar-refractivity contribution in [1.82, 2.24) is 10.2 Å². The molecule has 0 radical (unpaired) electrons. The first-order valence-corrected chi connectivity index (χ1v) is 8.20. The molecule has 1 aromatic carbocycles. The molecule has 0 spiro atoms. The van der Waals surface area contributed by atoms with Crippen molar-refractivity contribution in [3.8, 4) is 5.75 Å². The predicted octanol–water partition coefficient (Wildman–Crippen LogP) is 4.09. The number of ether oxygens (including phenoxy) is 1. The molecule has 1 heterocycles. The molecule has 7 heteroatoms. The van der Waals surface area contributed by atoms with E-state index in [0.29, 0.717) is 5.56 Å². The molecule has 0 saturated carbocycles. The minimum absolute atomic E-state index is 0.0676. The van der Waals surface area contributed by atoms with Crippen molar-refractivity contribution in [1.29, 1.82) is 0 Å². The fourth-order valence-electron chi connectivity index (χ4n) is 2.80. The predicted molar refractivity (Wildman–Crippen MR) is 82.9 cm³/mol. The standard InChI is InChI=1S/C15H20BrF3N2O/c1-2-3-13(21-8-6-20-7-9-21)12-10-11(16)4-5-14(12)22-15(17,18)19/h4-5,10,13,20H,2-3,6-9H2,1H3/t13-/m1/s1. The monoisotopic (exact) mass is 380 g/mol. The van der Waals surface area contributed by atoms with Crippen LogP contribution < -0.4 is 10.1 Å². The van der Waals surface area contributed by atoms with Crippen LogP contribution in [0.1, 0.15) is 31.4 Å². The van der Waals surface area contributed by atoms with Gasteiger partial charge >= 0.3 is 6.36 Å². The number of nitrogens with one attached hydrogen (secondary N) is 1. The Morgan fingerprint density at radius 1 is 1.32 bits per heavy atom. The van der Waals surface area contributed by atoms with Gasteiger partial charge in [-0.05, 0) is 24.6 Å². The molecule has 1 aliphatic rings. The largest absolute Gasteiger partial charge is 0.573 e. The molecule has 2 rings (SSSR count). The molecule has 1 N–H and O–H groups in total. The highest BCUT2D eigenvalue weighted by molar-refractivity contribution is 9.10. The van der Waals surface area contributed by atoms with Gasteiger partial charge in [0.1, 0.15) is 5.75 Å². The van der Waals surface area contributed by atoms with E-state index in [1.165, 1.54) is 6.07 Å². The van der Waals surface area contributed by atoms with Crippen LogP contribution in [0.3, 0.4) is 0 Å². The lowest BCUT2D eigenvalue weighted by atomic mass is 9.99. The van der Waals surface area contributed by atoms with Crippen molar-refractivity contribution in [3.05, 3.63) is 28.2 Å². The second-order valence-corrected chi connectivity index (χ2v) is 6.24. The van der Waals surface area contributed by atoms with E-state index in [0.717, 1.165) is 43.5 Å². The lowest BCUT2D eigenvalue weighted by molar-refractivity contribution is -0.275. The number of hydrogen-bond acceptors (Lipinski definition) is 3. The molecule has 0 amide bonds. The van der Waals surface area contributed by atoms with Crippen molar-refractivity contribution in [3.63, 3.8) is 0 Å². The van der Waals surface area contributed by atoms with Crippen molar-refractivity contribution >= 4 is 15.9 Å². The van der Waals surface area contributed by atoms with Crippen LogP contribution in [0.25, 0.3) is 0 Å². The second-order valence-electron chi connectivity index (χ2n) is 5.32. The summed E-state index contributed by atoms with van der Waals surface area (Å²) in [5, 5.41) is 3.27. The Kier molecular flexibility index (Phi) is 6.11. The molecule has 1 aliphatic heterocycles. The van der Waals surface area contributed by atoms with Gasteiger partial charge in [-0.15, -0.1) is 13.2 Å². The molecule has 0 aromatic heterocycles. The topological polar surface area (TPSA) is 24.5 Å². The summed E-state index contributed by atoms with van der Waals surface area (Å²) in [6.07, 6.45) is -2.99. The summed E-state index contributed by atoms with van der Waals surface area (Å²) in [5.74, 6) is -0.104. The van der Waals surface area contributed by atoms with E-state index < -0.39 is 6.36 Å². The maximum absolute atomic E-state index is 12.7. The highest BCUT2D eigenvalue weighted by Gasteiger charge is 2.34. The Morgan fingerprint density at radius 3 is 2.59 bits per heavy atom. The third kappa shape index (κ3) is 4.86. The van der Waals surface area contributed by atoms with Crippen LogP contribution >= 0.6 is 15.9 Å². The fourth-order valence-corrected chi connectivity index (χ4v) is 3.18. The number of rotatable bonds is 5. The van der Waals surface area contributed by atoms with Crippen LogP contribution in [0.2, 0.25) is 0 Å². The Morgan fingerprint density at radius 2 is 2.00 bits per heavy atom. The van der Waals surface area contributed by atoms with E-state index in [-0.39, 0.29) is 11.8 Å². The third-order valence-corrected chi connectivity index (χ3v) is 4.20. The summed E-state index contributed by atoms with van der Waals surface area (Å²) in [6, 6.07) is 4.63. The first-order chi connectivity index (χ1) is 10.4. The second kappa shape index (κ2) is 7.66. The van der Waals surface area contributed by atoms with Crippen molar-refractivity contribution in [2.24, 2.45) is 0 Å². The quantitative estimate of drug-likeness (QED) is 0.832. The molecule has 124 valence electrons. The minimum atomic E-state index is -4.68. The molecule has 3 nitrogen and oxygen atoms in total. The van der Waals surface area contributed by atoms with E-state index in [4.69, 9.17) is 0 Å². The Hall–Kier alpha value is -0.790. The van der Waals surface area contributed by atoms with Crippen LogP contribution in [0, 0.1) is 0 Å². The molecule has 0 unspecified atom stereocenters. The highest BCUT2D eigenvalue weighted by atomic mass is 79.9. The van der Waals surface area contributed by atoms with Gasteiger partial charge in [-0.2, -0.15) is 0 Å². The van der Waals surface area contributed by atoms with E-state index in [9.17, 15) is 13.2 Å². The van der Waals surface area contributed by atoms with Crippen LogP contribution in [0.4, 0.5) is 13.2 Å². The van der Waals surface area contributed by atoms with Crippen molar-refractivity contribution in [2.75, 3.05) is 26.2 Å². The zero-order valence-corrected chi connectivity index (χ0v) is 14.0. The Labute approximate surface area is 136 Å². The fraction of sp³-hybridized carbons (Fsp3) is 0.600. The van der Waals surface area contributed by atoms with Crippen LogP contribution in [-0.4, -0.2) is 37.4 Å². The zero-order valence-electron chi connectivity index (χ0n) is 12.4. The van der Waals surface area contributed by atoms with Gasteiger partial charge in [-0.25, -0.2) is 0 Å². The molecule has 22 heavy (non-hydrogen) atoms. The van der Waals surface area contributed by atoms with Gasteiger partial charge in [0.05, 0.1) is 0 Å². The SMILES string of the molecule is CCC[C@H](c1cc(Br)ccc1OC(F)(F)F)N1CCNCC1. The minimum Gasteiger partial charge on any atom is -0.405 e. The summed E-state index contributed by atoms with van der Waals surface area (Å²) in [5.41, 5.74) is 0.593. The normalized spacial score (nSPS) is 18.2. The van der Waals surface area contributed by atoms with E-state index in [1.807, 2.05) is 6.92 Å². The summed E-state index contributed by atoms with van der Waals surface area (Å²) < 4.78 is 43.0. The number of nitrogens with zero attached hydrogens (tertiary/aromatic N) is 1. The average molecular weight is 381 g/mol. The zero-order chi connectivity index (χ0) is 16.2. The molecule has 1 aromatic rings. The van der Waals surface area contributed by atoms with Crippen LogP contribution in [-0.2, 0) is 0 Å². The molecule has 0 bridgehead atoms. The van der Waals surface area contributed by atoms with E-state index in [2.05, 4.69) is 30.9 Å². The number of halogens is 4. The third-order valence-electron chi connectivity index (χ3n) is 3.71. The van der Waals surface area contributed by atoms with Gasteiger partial charge in [0, 0.05) is 42.3 Å². The molecular formula is C15H20BrF3N2O. The molecule has 0 aliphatic carbocycles. The van der Waals surface area contributed by atoms with E-state index >= 15 is 0 Å². The number of hydrogen-bond donors (Lipinski definition) is 1. The summed E-state index contributed by atoms with van der Waals surface area (Å²) in [6.45, 7) is 5.39. The molecule has 1 fully saturated rings. The van der Waals surface area contributed by atoms with Gasteiger partial charge in [0.2, 0.25) is 0 Å². The van der Waals surface area contributed by atoms with Crippen LogP contribution in [0.5, 0.6) is 5.75 Å². The highest BCUT2D eigenvalue weighted by Crippen LogP contribution is 2.37. The molecular weight excluding hydrogens is 361 g/mol. The average Bonchev–Trinajstić information content (AvgIpc) is 2.46. The summed E-state index contributed by atoms with van der Waals surface area (Å²) >= 11 is 3.35. The first-order valence-electron chi connectivity index (χ1n) is 7.40. The van der Waals surface area contributed by atoms with Crippen LogP contribution in [0.15, 0.2) is 22.7 Å². The number of alkyl halides is 3. The number of benzene rings is 1. The Balaban J connectivity index is 2.33. The van der Waals surface area contributed by atoms with Crippen molar-refractivity contribution < 1.29 is 17.9 Å². The number of piperazine rings is 1.